The van der Waals surface area contributed by atoms with E-state index < -0.39 is 0 Å². The maximum atomic E-state index is 12.0. The summed E-state index contributed by atoms with van der Waals surface area (Å²) in [6, 6.07) is 4.02. The Hall–Kier alpha value is -1.42. The Labute approximate surface area is 110 Å². The molecule has 0 atom stereocenters. The molecule has 0 spiro atoms. The van der Waals surface area contributed by atoms with Gasteiger partial charge < -0.3 is 0 Å². The fourth-order valence-electron chi connectivity index (χ4n) is 2.16. The molecule has 0 unspecified atom stereocenters. The fraction of sp³-hybridized carbons (Fsp3) is 0.429. The minimum absolute atomic E-state index is 0.302. The van der Waals surface area contributed by atoms with Crippen LogP contribution in [0, 0.1) is 5.92 Å². The zero-order chi connectivity index (χ0) is 12.7. The third-order valence-electron chi connectivity index (χ3n) is 3.30. The summed E-state index contributed by atoms with van der Waals surface area (Å²) in [5.41, 5.74) is 2.27. The highest BCUT2D eigenvalue weighted by atomic mass is 32.1. The van der Waals surface area contributed by atoms with Crippen molar-refractivity contribution in [1.29, 1.82) is 0 Å². The molecular weight excluding hydrogens is 244 g/mol. The zero-order valence-corrected chi connectivity index (χ0v) is 11.5. The van der Waals surface area contributed by atoms with E-state index in [2.05, 4.69) is 18.1 Å². The number of ketones is 1. The number of Topliss-reactive ketones (excluding diaryl/α,β-unsaturated/α-hetero) is 1. The molecule has 2 heterocycles. The van der Waals surface area contributed by atoms with Gasteiger partial charge >= 0.3 is 0 Å². The summed E-state index contributed by atoms with van der Waals surface area (Å²) in [4.78, 5) is 14.1. The Morgan fingerprint density at radius 2 is 2.28 bits per heavy atom. The number of hydrogen-bond acceptors (Lipinski definition) is 3. The van der Waals surface area contributed by atoms with Gasteiger partial charge in [0.2, 0.25) is 0 Å². The molecule has 94 valence electrons. The third-order valence-corrected chi connectivity index (χ3v) is 4.44. The lowest BCUT2D eigenvalue weighted by Crippen LogP contribution is -1.96. The molecule has 0 amide bonds. The van der Waals surface area contributed by atoms with Crippen LogP contribution in [0.3, 0.4) is 0 Å². The SMILES string of the molecule is CCc1nn(C)cc1-c1ccc(C(=O)C2CC2)s1. The minimum atomic E-state index is 0.302. The third kappa shape index (κ3) is 2.01. The second kappa shape index (κ2) is 4.35. The second-order valence-corrected chi connectivity index (χ2v) is 5.90. The van der Waals surface area contributed by atoms with Gasteiger partial charge in [0.15, 0.2) is 5.78 Å². The van der Waals surface area contributed by atoms with Gasteiger partial charge in [0.1, 0.15) is 0 Å². The predicted octanol–water partition coefficient (Wildman–Crippen LogP) is 3.30. The molecule has 0 saturated heterocycles. The van der Waals surface area contributed by atoms with E-state index in [1.165, 1.54) is 5.56 Å². The maximum absolute atomic E-state index is 12.0. The van der Waals surface area contributed by atoms with Gasteiger partial charge in [0.25, 0.3) is 0 Å². The molecule has 1 aliphatic rings. The molecule has 3 rings (SSSR count). The average Bonchev–Trinajstić information content (AvgIpc) is 2.97. The summed E-state index contributed by atoms with van der Waals surface area (Å²) in [6.07, 6.45) is 5.09. The first-order valence-corrected chi connectivity index (χ1v) is 7.17. The highest BCUT2D eigenvalue weighted by Gasteiger charge is 2.31. The first kappa shape index (κ1) is 11.7. The van der Waals surface area contributed by atoms with E-state index in [4.69, 9.17) is 0 Å². The molecule has 0 bridgehead atoms. The molecule has 2 aromatic heterocycles. The Morgan fingerprint density at radius 3 is 2.94 bits per heavy atom. The Morgan fingerprint density at radius 1 is 1.50 bits per heavy atom. The molecule has 18 heavy (non-hydrogen) atoms. The number of rotatable bonds is 4. The van der Waals surface area contributed by atoms with Crippen molar-refractivity contribution in [3.63, 3.8) is 0 Å². The highest BCUT2D eigenvalue weighted by Crippen LogP contribution is 2.37. The normalized spacial score (nSPS) is 15.0. The first-order valence-electron chi connectivity index (χ1n) is 6.36. The summed E-state index contributed by atoms with van der Waals surface area (Å²) in [7, 11) is 1.94. The molecule has 3 nitrogen and oxygen atoms in total. The number of thiophene rings is 1. The quantitative estimate of drug-likeness (QED) is 0.791. The van der Waals surface area contributed by atoms with E-state index in [-0.39, 0.29) is 0 Å². The van der Waals surface area contributed by atoms with Crippen LogP contribution in [0.15, 0.2) is 18.3 Å². The highest BCUT2D eigenvalue weighted by molar-refractivity contribution is 7.17. The molecule has 2 aromatic rings. The molecule has 0 N–H and O–H groups in total. The van der Waals surface area contributed by atoms with Crippen molar-refractivity contribution >= 4 is 17.1 Å². The lowest BCUT2D eigenvalue weighted by molar-refractivity contribution is 0.0971. The summed E-state index contributed by atoms with van der Waals surface area (Å²) in [6.45, 7) is 2.11. The molecule has 1 aliphatic carbocycles. The van der Waals surface area contributed by atoms with Crippen LogP contribution < -0.4 is 0 Å². The molecule has 1 saturated carbocycles. The van der Waals surface area contributed by atoms with E-state index in [1.54, 1.807) is 11.3 Å². The number of aryl methyl sites for hydroxylation is 2. The van der Waals surface area contributed by atoms with Crippen molar-refractivity contribution in [1.82, 2.24) is 9.78 Å². The monoisotopic (exact) mass is 260 g/mol. The van der Waals surface area contributed by atoms with Crippen LogP contribution >= 0.6 is 11.3 Å². The number of carbonyl (C=O) groups excluding carboxylic acids is 1. The van der Waals surface area contributed by atoms with E-state index in [9.17, 15) is 4.79 Å². The van der Waals surface area contributed by atoms with Crippen molar-refractivity contribution in [2.45, 2.75) is 26.2 Å². The van der Waals surface area contributed by atoms with Crippen LogP contribution in [0.2, 0.25) is 0 Å². The smallest absolute Gasteiger partial charge is 0.175 e. The molecule has 4 heteroatoms. The Bertz CT molecular complexity index is 593. The lowest BCUT2D eigenvalue weighted by Gasteiger charge is -1.95. The second-order valence-electron chi connectivity index (χ2n) is 4.82. The fourth-order valence-corrected chi connectivity index (χ4v) is 3.22. The van der Waals surface area contributed by atoms with Gasteiger partial charge in [0.05, 0.1) is 10.6 Å². The van der Waals surface area contributed by atoms with Gasteiger partial charge in [-0.2, -0.15) is 5.10 Å². The zero-order valence-electron chi connectivity index (χ0n) is 10.6. The summed E-state index contributed by atoms with van der Waals surface area (Å²) < 4.78 is 1.84. The molecule has 0 radical (unpaired) electrons. The summed E-state index contributed by atoms with van der Waals surface area (Å²) in [5.74, 6) is 0.629. The topological polar surface area (TPSA) is 34.9 Å². The van der Waals surface area contributed by atoms with Crippen molar-refractivity contribution in [3.8, 4) is 10.4 Å². The van der Waals surface area contributed by atoms with Crippen LogP contribution in [-0.2, 0) is 13.5 Å². The van der Waals surface area contributed by atoms with Crippen molar-refractivity contribution in [3.05, 3.63) is 28.9 Å². The van der Waals surface area contributed by atoms with Gasteiger partial charge in [-0.1, -0.05) is 6.92 Å². The summed E-state index contributed by atoms with van der Waals surface area (Å²) in [5, 5.41) is 4.45. The standard InChI is InChI=1S/C14H16N2OS/c1-3-11-10(8-16(2)15-11)12-6-7-13(18-12)14(17)9-4-5-9/h6-9H,3-5H2,1-2H3. The minimum Gasteiger partial charge on any atom is -0.293 e. The predicted molar refractivity (Wildman–Crippen MR) is 73.0 cm³/mol. The number of nitrogens with zero attached hydrogens (tertiary/aromatic N) is 2. The average molecular weight is 260 g/mol. The lowest BCUT2D eigenvalue weighted by atomic mass is 10.2. The van der Waals surface area contributed by atoms with Crippen LogP contribution in [0.4, 0.5) is 0 Å². The van der Waals surface area contributed by atoms with E-state index >= 15 is 0 Å². The van der Waals surface area contributed by atoms with Crippen molar-refractivity contribution in [2.24, 2.45) is 13.0 Å². The van der Waals surface area contributed by atoms with Gasteiger partial charge in [-0.05, 0) is 31.4 Å². The van der Waals surface area contributed by atoms with E-state index in [0.29, 0.717) is 11.7 Å². The van der Waals surface area contributed by atoms with Crippen molar-refractivity contribution < 1.29 is 4.79 Å². The Kier molecular flexibility index (Phi) is 2.82. The van der Waals surface area contributed by atoms with Crippen LogP contribution in [0.5, 0.6) is 0 Å². The number of carbonyl (C=O) groups is 1. The van der Waals surface area contributed by atoms with Gasteiger partial charge in [-0.15, -0.1) is 11.3 Å². The van der Waals surface area contributed by atoms with Crippen LogP contribution in [-0.4, -0.2) is 15.6 Å². The number of aromatic nitrogens is 2. The van der Waals surface area contributed by atoms with E-state index in [1.807, 2.05) is 24.0 Å². The first-order chi connectivity index (χ1) is 8.69. The maximum Gasteiger partial charge on any atom is 0.175 e. The molecule has 0 aliphatic heterocycles. The van der Waals surface area contributed by atoms with Crippen LogP contribution in [0.25, 0.3) is 10.4 Å². The van der Waals surface area contributed by atoms with Gasteiger partial charge in [-0.25, -0.2) is 0 Å². The molecular formula is C14H16N2OS. The number of hydrogen-bond donors (Lipinski definition) is 0. The van der Waals surface area contributed by atoms with Crippen molar-refractivity contribution in [2.75, 3.05) is 0 Å². The van der Waals surface area contributed by atoms with Gasteiger partial charge in [0, 0.05) is 29.6 Å². The molecule has 0 aromatic carbocycles. The van der Waals surface area contributed by atoms with Gasteiger partial charge in [-0.3, -0.25) is 9.48 Å². The molecule has 1 fully saturated rings. The van der Waals surface area contributed by atoms with E-state index in [0.717, 1.165) is 34.7 Å². The largest absolute Gasteiger partial charge is 0.293 e. The summed E-state index contributed by atoms with van der Waals surface area (Å²) >= 11 is 1.60. The van der Waals surface area contributed by atoms with Crippen LogP contribution in [0.1, 0.15) is 35.1 Å². The Balaban J connectivity index is 1.94.